The van der Waals surface area contributed by atoms with Crippen LogP contribution in [-0.2, 0) is 9.59 Å². The fourth-order valence-electron chi connectivity index (χ4n) is 5.15. The number of carboxylic acids is 1. The quantitative estimate of drug-likeness (QED) is 0.698. The lowest BCUT2D eigenvalue weighted by Gasteiger charge is -2.48. The first-order valence-corrected chi connectivity index (χ1v) is 9.84. The van der Waals surface area contributed by atoms with Gasteiger partial charge in [0.1, 0.15) is 0 Å². The highest BCUT2D eigenvalue weighted by atomic mass is 16.4. The summed E-state index contributed by atoms with van der Waals surface area (Å²) in [5.74, 6) is -3.20. The van der Waals surface area contributed by atoms with Crippen molar-refractivity contribution in [3.05, 3.63) is 101 Å². The first-order chi connectivity index (χ1) is 14.1. The van der Waals surface area contributed by atoms with Crippen LogP contribution in [0.25, 0.3) is 0 Å². The number of aryl methyl sites for hydroxylation is 1. The Balaban J connectivity index is 1.64. The molecule has 0 aromatic heterocycles. The second kappa shape index (κ2) is 6.59. The van der Waals surface area contributed by atoms with Crippen molar-refractivity contribution in [3.8, 4) is 0 Å². The van der Waals surface area contributed by atoms with Crippen molar-refractivity contribution >= 4 is 17.6 Å². The molecule has 2 atom stereocenters. The Morgan fingerprint density at radius 3 is 1.62 bits per heavy atom. The van der Waals surface area contributed by atoms with E-state index >= 15 is 0 Å². The molecule has 2 bridgehead atoms. The summed E-state index contributed by atoms with van der Waals surface area (Å²) in [5, 5.41) is 13.1. The van der Waals surface area contributed by atoms with Crippen LogP contribution in [0.3, 0.4) is 0 Å². The number of carboxylic acid groups (broad SMARTS) is 1. The molecule has 0 aliphatic heterocycles. The molecular formula is C25H21NO3. The number of aliphatic carboxylic acids is 1. The molecule has 0 heterocycles. The topological polar surface area (TPSA) is 66.4 Å². The van der Waals surface area contributed by atoms with Gasteiger partial charge in [0.2, 0.25) is 5.91 Å². The van der Waals surface area contributed by atoms with E-state index < -0.39 is 17.8 Å². The lowest BCUT2D eigenvalue weighted by molar-refractivity contribution is -0.148. The van der Waals surface area contributed by atoms with E-state index in [1.165, 1.54) is 0 Å². The standard InChI is InChI=1S/C25H21NO3/c1-14-10-12-15(13-11-14)26-24(27)22-20-16-6-2-4-8-18(16)21(23(22)25(28)29)19-9-5-3-7-17(19)20/h2-13,20-23H,1H3,(H,26,27)(H,28,29)/t20?,21?,22-,23-/m1/s1. The van der Waals surface area contributed by atoms with Gasteiger partial charge in [-0.15, -0.1) is 0 Å². The number of anilines is 1. The lowest BCUT2D eigenvalue weighted by atomic mass is 9.54. The van der Waals surface area contributed by atoms with Gasteiger partial charge in [-0.25, -0.2) is 0 Å². The average molecular weight is 383 g/mol. The van der Waals surface area contributed by atoms with Gasteiger partial charge in [0, 0.05) is 17.5 Å². The minimum Gasteiger partial charge on any atom is -0.481 e. The van der Waals surface area contributed by atoms with E-state index in [1.54, 1.807) is 0 Å². The van der Waals surface area contributed by atoms with E-state index in [-0.39, 0.29) is 17.7 Å². The smallest absolute Gasteiger partial charge is 0.308 e. The zero-order valence-corrected chi connectivity index (χ0v) is 16.0. The molecule has 2 N–H and O–H groups in total. The number of fused-ring (bicyclic) bond motifs is 1. The fourth-order valence-corrected chi connectivity index (χ4v) is 5.15. The maximum absolute atomic E-state index is 13.4. The summed E-state index contributed by atoms with van der Waals surface area (Å²) in [6.45, 7) is 1.99. The molecule has 0 unspecified atom stereocenters. The van der Waals surface area contributed by atoms with Crippen LogP contribution in [0.4, 0.5) is 5.69 Å². The second-order valence-electron chi connectivity index (χ2n) is 7.96. The van der Waals surface area contributed by atoms with E-state index in [2.05, 4.69) is 5.32 Å². The highest BCUT2D eigenvalue weighted by Crippen LogP contribution is 2.58. The zero-order valence-electron chi connectivity index (χ0n) is 16.0. The third kappa shape index (κ3) is 2.67. The van der Waals surface area contributed by atoms with Gasteiger partial charge in [0.15, 0.2) is 0 Å². The summed E-state index contributed by atoms with van der Waals surface area (Å²) >= 11 is 0. The summed E-state index contributed by atoms with van der Waals surface area (Å²) < 4.78 is 0. The number of nitrogens with one attached hydrogen (secondary N) is 1. The maximum Gasteiger partial charge on any atom is 0.308 e. The Bertz CT molecular complexity index is 1070. The normalized spacial score (nSPS) is 23.8. The third-order valence-corrected chi connectivity index (χ3v) is 6.34. The molecule has 3 aromatic rings. The van der Waals surface area contributed by atoms with Gasteiger partial charge in [-0.05, 0) is 41.3 Å². The molecule has 4 nitrogen and oxygen atoms in total. The van der Waals surface area contributed by atoms with E-state index in [0.29, 0.717) is 5.69 Å². The number of carbonyl (C=O) groups is 2. The molecule has 3 aromatic carbocycles. The molecule has 6 rings (SSSR count). The van der Waals surface area contributed by atoms with Crippen molar-refractivity contribution in [1.29, 1.82) is 0 Å². The molecule has 29 heavy (non-hydrogen) atoms. The Kier molecular flexibility index (Phi) is 4.02. The number of rotatable bonds is 3. The summed E-state index contributed by atoms with van der Waals surface area (Å²) in [6.07, 6.45) is 0. The molecule has 0 spiro atoms. The molecule has 144 valence electrons. The minimum atomic E-state index is -0.923. The van der Waals surface area contributed by atoms with E-state index in [1.807, 2.05) is 79.7 Å². The monoisotopic (exact) mass is 383 g/mol. The zero-order chi connectivity index (χ0) is 20.1. The first-order valence-electron chi connectivity index (χ1n) is 9.84. The number of hydrogen-bond acceptors (Lipinski definition) is 2. The van der Waals surface area contributed by atoms with E-state index in [0.717, 1.165) is 27.8 Å². The molecule has 0 saturated carbocycles. The molecule has 1 amide bonds. The van der Waals surface area contributed by atoms with Gasteiger partial charge in [-0.3, -0.25) is 9.59 Å². The Labute approximate surface area is 169 Å². The average Bonchev–Trinajstić information content (AvgIpc) is 2.74. The van der Waals surface area contributed by atoms with Crippen molar-refractivity contribution in [1.82, 2.24) is 0 Å². The predicted molar refractivity (Wildman–Crippen MR) is 111 cm³/mol. The molecule has 4 heteroatoms. The van der Waals surface area contributed by atoms with Crippen molar-refractivity contribution < 1.29 is 14.7 Å². The highest BCUT2D eigenvalue weighted by Gasteiger charge is 2.55. The van der Waals surface area contributed by atoms with Gasteiger partial charge in [0.25, 0.3) is 0 Å². The number of benzene rings is 3. The molecule has 0 radical (unpaired) electrons. The van der Waals surface area contributed by atoms with Crippen LogP contribution in [0, 0.1) is 18.8 Å². The van der Waals surface area contributed by atoms with Gasteiger partial charge in [0.05, 0.1) is 11.8 Å². The van der Waals surface area contributed by atoms with Crippen LogP contribution in [0.1, 0.15) is 39.7 Å². The first kappa shape index (κ1) is 17.7. The van der Waals surface area contributed by atoms with Crippen LogP contribution in [0.2, 0.25) is 0 Å². The molecular weight excluding hydrogens is 362 g/mol. The number of hydrogen-bond donors (Lipinski definition) is 2. The van der Waals surface area contributed by atoms with Crippen LogP contribution in [-0.4, -0.2) is 17.0 Å². The fraction of sp³-hybridized carbons (Fsp3) is 0.200. The largest absolute Gasteiger partial charge is 0.481 e. The highest BCUT2D eigenvalue weighted by molar-refractivity contribution is 5.98. The third-order valence-electron chi connectivity index (χ3n) is 6.34. The number of carbonyl (C=O) groups excluding carboxylic acids is 1. The predicted octanol–water partition coefficient (Wildman–Crippen LogP) is 4.54. The Hall–Kier alpha value is -3.40. The maximum atomic E-state index is 13.4. The summed E-state index contributed by atoms with van der Waals surface area (Å²) in [7, 11) is 0. The van der Waals surface area contributed by atoms with E-state index in [9.17, 15) is 14.7 Å². The minimum absolute atomic E-state index is 0.236. The van der Waals surface area contributed by atoms with Crippen molar-refractivity contribution in [2.45, 2.75) is 18.8 Å². The van der Waals surface area contributed by atoms with Gasteiger partial charge >= 0.3 is 5.97 Å². The molecule has 3 aliphatic carbocycles. The summed E-state index contributed by atoms with van der Waals surface area (Å²) in [5.41, 5.74) is 5.99. The Morgan fingerprint density at radius 2 is 1.17 bits per heavy atom. The van der Waals surface area contributed by atoms with Crippen LogP contribution >= 0.6 is 0 Å². The second-order valence-corrected chi connectivity index (χ2v) is 7.96. The van der Waals surface area contributed by atoms with E-state index in [4.69, 9.17) is 0 Å². The van der Waals surface area contributed by atoms with Crippen molar-refractivity contribution in [3.63, 3.8) is 0 Å². The van der Waals surface area contributed by atoms with Crippen LogP contribution in [0.15, 0.2) is 72.8 Å². The van der Waals surface area contributed by atoms with Crippen LogP contribution in [0.5, 0.6) is 0 Å². The molecule has 0 saturated heterocycles. The molecule has 0 fully saturated rings. The Morgan fingerprint density at radius 1 is 0.724 bits per heavy atom. The summed E-state index contributed by atoms with van der Waals surface area (Å²) in [6, 6.07) is 23.5. The molecule has 3 aliphatic rings. The van der Waals surface area contributed by atoms with Crippen molar-refractivity contribution in [2.75, 3.05) is 5.32 Å². The van der Waals surface area contributed by atoms with Gasteiger partial charge in [-0.2, -0.15) is 0 Å². The van der Waals surface area contributed by atoms with Gasteiger partial charge < -0.3 is 10.4 Å². The SMILES string of the molecule is Cc1ccc(NC(=O)[C@@H]2C3c4ccccc4C(c4ccccc43)[C@H]2C(=O)O)cc1. The van der Waals surface area contributed by atoms with Gasteiger partial charge in [-0.1, -0.05) is 66.2 Å². The van der Waals surface area contributed by atoms with Crippen LogP contribution < -0.4 is 5.32 Å². The van der Waals surface area contributed by atoms with Crippen molar-refractivity contribution in [2.24, 2.45) is 11.8 Å². The summed E-state index contributed by atoms with van der Waals surface area (Å²) in [4.78, 5) is 25.8. The number of amides is 1. The lowest BCUT2D eigenvalue weighted by Crippen LogP contribution is -2.48.